The second kappa shape index (κ2) is 11.6. The molecule has 0 radical (unpaired) electrons. The molecule has 1 aliphatic carbocycles. The predicted molar refractivity (Wildman–Crippen MR) is 96.9 cm³/mol. The SMILES string of the molecule is CCNC(=NCCCC(C)C)NC1CCC(O)CC1.I. The first-order valence-corrected chi connectivity index (χ1v) is 7.84. The maximum Gasteiger partial charge on any atom is 0.191 e. The van der Waals surface area contributed by atoms with Crippen molar-refractivity contribution in [1.82, 2.24) is 10.6 Å². The fourth-order valence-corrected chi connectivity index (χ4v) is 2.42. The molecule has 1 rings (SSSR count). The molecule has 0 saturated heterocycles. The van der Waals surface area contributed by atoms with Crippen LogP contribution in [0.4, 0.5) is 0 Å². The summed E-state index contributed by atoms with van der Waals surface area (Å²) in [5.74, 6) is 1.69. The maximum atomic E-state index is 9.52. The van der Waals surface area contributed by atoms with Crippen LogP contribution in [-0.2, 0) is 0 Å². The molecular weight excluding hydrogens is 365 g/mol. The molecule has 0 atom stereocenters. The Labute approximate surface area is 141 Å². The van der Waals surface area contributed by atoms with Crippen molar-refractivity contribution < 1.29 is 5.11 Å². The summed E-state index contributed by atoms with van der Waals surface area (Å²) in [7, 11) is 0. The average molecular weight is 397 g/mol. The number of halogens is 1. The zero-order valence-corrected chi connectivity index (χ0v) is 15.5. The van der Waals surface area contributed by atoms with Crippen molar-refractivity contribution in [3.05, 3.63) is 0 Å². The Balaban J connectivity index is 0.00000361. The molecule has 20 heavy (non-hydrogen) atoms. The van der Waals surface area contributed by atoms with Crippen LogP contribution in [0.25, 0.3) is 0 Å². The Bertz CT molecular complexity index is 264. The molecule has 0 spiro atoms. The number of aliphatic imine (C=N–C) groups is 1. The third kappa shape index (κ3) is 9.00. The second-order valence-electron chi connectivity index (χ2n) is 5.95. The van der Waals surface area contributed by atoms with Gasteiger partial charge in [-0.2, -0.15) is 0 Å². The van der Waals surface area contributed by atoms with Crippen LogP contribution in [-0.4, -0.2) is 36.3 Å². The van der Waals surface area contributed by atoms with Gasteiger partial charge in [0.25, 0.3) is 0 Å². The Morgan fingerprint density at radius 1 is 1.25 bits per heavy atom. The molecule has 0 aromatic carbocycles. The number of guanidine groups is 1. The molecule has 0 aromatic rings. The van der Waals surface area contributed by atoms with E-state index in [2.05, 4.69) is 36.4 Å². The van der Waals surface area contributed by atoms with Gasteiger partial charge in [0.2, 0.25) is 0 Å². The summed E-state index contributed by atoms with van der Waals surface area (Å²) in [6.07, 6.45) is 6.18. The maximum absolute atomic E-state index is 9.52. The van der Waals surface area contributed by atoms with Crippen molar-refractivity contribution in [3.8, 4) is 0 Å². The molecular formula is C15H32IN3O. The van der Waals surface area contributed by atoms with Crippen molar-refractivity contribution in [2.45, 2.75) is 71.4 Å². The van der Waals surface area contributed by atoms with E-state index in [1.807, 2.05) is 0 Å². The predicted octanol–water partition coefficient (Wildman–Crippen LogP) is 2.90. The van der Waals surface area contributed by atoms with Gasteiger partial charge in [-0.3, -0.25) is 4.99 Å². The molecule has 1 aliphatic rings. The number of nitrogens with one attached hydrogen (secondary N) is 2. The largest absolute Gasteiger partial charge is 0.393 e. The lowest BCUT2D eigenvalue weighted by molar-refractivity contribution is 0.120. The Morgan fingerprint density at radius 3 is 2.45 bits per heavy atom. The first kappa shape index (κ1) is 20.0. The molecule has 1 saturated carbocycles. The van der Waals surface area contributed by atoms with Crippen molar-refractivity contribution in [1.29, 1.82) is 0 Å². The van der Waals surface area contributed by atoms with E-state index in [4.69, 9.17) is 0 Å². The topological polar surface area (TPSA) is 56.7 Å². The Morgan fingerprint density at radius 2 is 1.90 bits per heavy atom. The molecule has 5 heteroatoms. The Hall–Kier alpha value is -0.0400. The minimum Gasteiger partial charge on any atom is -0.393 e. The fourth-order valence-electron chi connectivity index (χ4n) is 2.42. The Kier molecular flexibility index (Phi) is 11.6. The number of nitrogens with zero attached hydrogens (tertiary/aromatic N) is 1. The lowest BCUT2D eigenvalue weighted by Gasteiger charge is -2.27. The standard InChI is InChI=1S/C15H31N3O.HI/c1-4-16-15(17-11-5-6-12(2)3)18-13-7-9-14(19)10-8-13;/h12-14,19H,4-11H2,1-3H3,(H2,16,17,18);1H. The van der Waals surface area contributed by atoms with Crippen molar-refractivity contribution in [2.24, 2.45) is 10.9 Å². The molecule has 1 fully saturated rings. The molecule has 120 valence electrons. The number of rotatable bonds is 6. The van der Waals surface area contributed by atoms with Gasteiger partial charge in [0, 0.05) is 19.1 Å². The van der Waals surface area contributed by atoms with E-state index < -0.39 is 0 Å². The minimum absolute atomic E-state index is 0. The van der Waals surface area contributed by atoms with Gasteiger partial charge >= 0.3 is 0 Å². The zero-order chi connectivity index (χ0) is 14.1. The molecule has 3 N–H and O–H groups in total. The number of hydrogen-bond donors (Lipinski definition) is 3. The van der Waals surface area contributed by atoms with E-state index in [1.165, 1.54) is 6.42 Å². The van der Waals surface area contributed by atoms with E-state index in [1.54, 1.807) is 0 Å². The summed E-state index contributed by atoms with van der Waals surface area (Å²) in [5, 5.41) is 16.3. The normalized spacial score (nSPS) is 23.4. The summed E-state index contributed by atoms with van der Waals surface area (Å²) < 4.78 is 0. The monoisotopic (exact) mass is 397 g/mol. The van der Waals surface area contributed by atoms with Gasteiger partial charge in [-0.15, -0.1) is 24.0 Å². The summed E-state index contributed by atoms with van der Waals surface area (Å²) in [6, 6.07) is 0.464. The molecule has 0 amide bonds. The van der Waals surface area contributed by atoms with E-state index in [0.29, 0.717) is 6.04 Å². The quantitative estimate of drug-likeness (QED) is 0.280. The average Bonchev–Trinajstić information content (AvgIpc) is 2.37. The third-order valence-corrected chi connectivity index (χ3v) is 3.59. The van der Waals surface area contributed by atoms with Gasteiger partial charge in [-0.25, -0.2) is 0 Å². The first-order chi connectivity index (χ1) is 9.11. The van der Waals surface area contributed by atoms with Crippen LogP contribution in [0.5, 0.6) is 0 Å². The molecule has 0 unspecified atom stereocenters. The lowest BCUT2D eigenvalue weighted by atomic mass is 9.93. The zero-order valence-electron chi connectivity index (χ0n) is 13.2. The van der Waals surface area contributed by atoms with Crippen LogP contribution in [0.2, 0.25) is 0 Å². The summed E-state index contributed by atoms with van der Waals surface area (Å²) in [5.41, 5.74) is 0. The van der Waals surface area contributed by atoms with Crippen molar-refractivity contribution in [2.75, 3.05) is 13.1 Å². The smallest absolute Gasteiger partial charge is 0.191 e. The van der Waals surface area contributed by atoms with E-state index in [-0.39, 0.29) is 30.1 Å². The summed E-state index contributed by atoms with van der Waals surface area (Å²) in [6.45, 7) is 8.38. The van der Waals surface area contributed by atoms with Gasteiger partial charge in [0.15, 0.2) is 5.96 Å². The van der Waals surface area contributed by atoms with Gasteiger partial charge in [-0.1, -0.05) is 13.8 Å². The van der Waals surface area contributed by atoms with E-state index in [9.17, 15) is 5.11 Å². The van der Waals surface area contributed by atoms with Crippen LogP contribution in [0.1, 0.15) is 59.3 Å². The van der Waals surface area contributed by atoms with Crippen LogP contribution in [0, 0.1) is 5.92 Å². The highest BCUT2D eigenvalue weighted by Gasteiger charge is 2.19. The molecule has 4 nitrogen and oxygen atoms in total. The molecule has 0 aliphatic heterocycles. The van der Waals surface area contributed by atoms with Crippen LogP contribution < -0.4 is 10.6 Å². The van der Waals surface area contributed by atoms with Crippen LogP contribution in [0.3, 0.4) is 0 Å². The first-order valence-electron chi connectivity index (χ1n) is 7.84. The highest BCUT2D eigenvalue weighted by molar-refractivity contribution is 14.0. The fraction of sp³-hybridized carbons (Fsp3) is 0.933. The van der Waals surface area contributed by atoms with E-state index in [0.717, 1.165) is 57.1 Å². The van der Waals surface area contributed by atoms with Crippen LogP contribution >= 0.6 is 24.0 Å². The number of aliphatic hydroxyl groups excluding tert-OH is 1. The second-order valence-corrected chi connectivity index (χ2v) is 5.95. The molecule has 0 heterocycles. The van der Waals surface area contributed by atoms with Gasteiger partial charge in [-0.05, 0) is 51.4 Å². The van der Waals surface area contributed by atoms with Gasteiger partial charge in [0.1, 0.15) is 0 Å². The summed E-state index contributed by atoms with van der Waals surface area (Å²) in [4.78, 5) is 4.63. The van der Waals surface area contributed by atoms with Gasteiger partial charge < -0.3 is 15.7 Å². The highest BCUT2D eigenvalue weighted by atomic mass is 127. The van der Waals surface area contributed by atoms with Crippen molar-refractivity contribution in [3.63, 3.8) is 0 Å². The minimum atomic E-state index is -0.0939. The van der Waals surface area contributed by atoms with Crippen molar-refractivity contribution >= 4 is 29.9 Å². The lowest BCUT2D eigenvalue weighted by Crippen LogP contribution is -2.45. The van der Waals surface area contributed by atoms with E-state index >= 15 is 0 Å². The highest BCUT2D eigenvalue weighted by Crippen LogP contribution is 2.18. The number of hydrogen-bond acceptors (Lipinski definition) is 2. The van der Waals surface area contributed by atoms with Crippen LogP contribution in [0.15, 0.2) is 4.99 Å². The number of aliphatic hydroxyl groups is 1. The summed E-state index contributed by atoms with van der Waals surface area (Å²) >= 11 is 0. The third-order valence-electron chi connectivity index (χ3n) is 3.59. The molecule has 0 bridgehead atoms. The molecule has 0 aromatic heterocycles. The van der Waals surface area contributed by atoms with Gasteiger partial charge in [0.05, 0.1) is 6.10 Å².